The minimum Gasteiger partial charge on any atom is -0.352 e. The molecule has 0 saturated heterocycles. The molecule has 0 radical (unpaired) electrons. The van der Waals surface area contributed by atoms with Crippen LogP contribution in [0.5, 0.6) is 0 Å². The zero-order chi connectivity index (χ0) is 19.8. The molecule has 2 aromatic rings. The van der Waals surface area contributed by atoms with E-state index in [0.29, 0.717) is 0 Å². The van der Waals surface area contributed by atoms with E-state index in [-0.39, 0.29) is 36.6 Å². The second-order valence-electron chi connectivity index (χ2n) is 6.80. The van der Waals surface area contributed by atoms with Gasteiger partial charge in [-0.3, -0.25) is 9.59 Å². The Labute approximate surface area is 160 Å². The lowest BCUT2D eigenvalue weighted by Crippen LogP contribution is -2.49. The van der Waals surface area contributed by atoms with E-state index >= 15 is 0 Å². The molecule has 0 unspecified atom stereocenters. The number of hydrogen-bond donors (Lipinski definition) is 1. The summed E-state index contributed by atoms with van der Waals surface area (Å²) < 4.78 is 13.2. The van der Waals surface area contributed by atoms with Crippen molar-refractivity contribution in [3.05, 3.63) is 71.5 Å². The Morgan fingerprint density at radius 2 is 1.63 bits per heavy atom. The SMILES string of the molecule is CC[C@H](C)NC(=O)[C@H](C)N(Cc1ccc(F)cc1)C(=O)Cc1ccccc1. The van der Waals surface area contributed by atoms with Crippen molar-refractivity contribution in [3.63, 3.8) is 0 Å². The van der Waals surface area contributed by atoms with Gasteiger partial charge in [-0.05, 0) is 43.5 Å². The summed E-state index contributed by atoms with van der Waals surface area (Å²) in [4.78, 5) is 27.1. The van der Waals surface area contributed by atoms with E-state index in [1.807, 2.05) is 44.2 Å². The number of amides is 2. The van der Waals surface area contributed by atoms with Crippen LogP contribution in [0.4, 0.5) is 4.39 Å². The van der Waals surface area contributed by atoms with Crippen LogP contribution in [0, 0.1) is 5.82 Å². The van der Waals surface area contributed by atoms with Crippen LogP contribution in [-0.4, -0.2) is 28.8 Å². The number of hydrogen-bond acceptors (Lipinski definition) is 2. The van der Waals surface area contributed by atoms with Crippen LogP contribution in [-0.2, 0) is 22.6 Å². The molecule has 2 atom stereocenters. The zero-order valence-electron chi connectivity index (χ0n) is 16.1. The predicted molar refractivity (Wildman–Crippen MR) is 104 cm³/mol. The molecule has 2 rings (SSSR count). The molecule has 0 spiro atoms. The van der Waals surface area contributed by atoms with Gasteiger partial charge in [-0.2, -0.15) is 0 Å². The fourth-order valence-electron chi connectivity index (χ4n) is 2.71. The Bertz CT molecular complexity index is 747. The molecule has 4 nitrogen and oxygen atoms in total. The highest BCUT2D eigenvalue weighted by Gasteiger charge is 2.26. The number of carbonyl (C=O) groups is 2. The van der Waals surface area contributed by atoms with E-state index in [1.165, 1.54) is 12.1 Å². The monoisotopic (exact) mass is 370 g/mol. The first-order valence-electron chi connectivity index (χ1n) is 9.29. The number of nitrogens with one attached hydrogen (secondary N) is 1. The number of benzene rings is 2. The summed E-state index contributed by atoms with van der Waals surface area (Å²) in [5.41, 5.74) is 1.67. The largest absolute Gasteiger partial charge is 0.352 e. The van der Waals surface area contributed by atoms with E-state index in [9.17, 15) is 14.0 Å². The Balaban J connectivity index is 2.19. The van der Waals surface area contributed by atoms with Crippen molar-refractivity contribution in [1.82, 2.24) is 10.2 Å². The lowest BCUT2D eigenvalue weighted by atomic mass is 10.1. The fourth-order valence-corrected chi connectivity index (χ4v) is 2.71. The Hall–Kier alpha value is -2.69. The molecule has 0 saturated carbocycles. The third-order valence-corrected chi connectivity index (χ3v) is 4.63. The minimum atomic E-state index is -0.625. The molecule has 0 aliphatic rings. The molecule has 0 aromatic heterocycles. The van der Waals surface area contributed by atoms with E-state index in [0.717, 1.165) is 17.5 Å². The smallest absolute Gasteiger partial charge is 0.242 e. The van der Waals surface area contributed by atoms with Gasteiger partial charge in [0.05, 0.1) is 6.42 Å². The molecule has 0 aliphatic carbocycles. The van der Waals surface area contributed by atoms with Gasteiger partial charge >= 0.3 is 0 Å². The van der Waals surface area contributed by atoms with Crippen molar-refractivity contribution in [1.29, 1.82) is 0 Å². The average Bonchev–Trinajstić information content (AvgIpc) is 2.67. The van der Waals surface area contributed by atoms with E-state index in [4.69, 9.17) is 0 Å². The van der Waals surface area contributed by atoms with Gasteiger partial charge < -0.3 is 10.2 Å². The van der Waals surface area contributed by atoms with Crippen LogP contribution in [0.3, 0.4) is 0 Å². The summed E-state index contributed by atoms with van der Waals surface area (Å²) >= 11 is 0. The fraction of sp³-hybridized carbons (Fsp3) is 0.364. The van der Waals surface area contributed by atoms with Crippen LogP contribution >= 0.6 is 0 Å². The van der Waals surface area contributed by atoms with E-state index in [2.05, 4.69) is 5.32 Å². The normalized spacial score (nSPS) is 12.9. The van der Waals surface area contributed by atoms with Crippen molar-refractivity contribution in [3.8, 4) is 0 Å². The molecule has 2 amide bonds. The summed E-state index contributed by atoms with van der Waals surface area (Å²) in [5, 5.41) is 2.93. The second-order valence-corrected chi connectivity index (χ2v) is 6.80. The van der Waals surface area contributed by atoms with Crippen LogP contribution < -0.4 is 5.32 Å². The van der Waals surface area contributed by atoms with Crippen LogP contribution in [0.15, 0.2) is 54.6 Å². The van der Waals surface area contributed by atoms with Gasteiger partial charge in [-0.1, -0.05) is 49.4 Å². The summed E-state index contributed by atoms with van der Waals surface area (Å²) in [6.45, 7) is 5.90. The number of halogens is 1. The maximum absolute atomic E-state index is 13.2. The molecule has 1 N–H and O–H groups in total. The molecule has 0 heterocycles. The van der Waals surface area contributed by atoms with Gasteiger partial charge in [0.15, 0.2) is 0 Å². The first-order chi connectivity index (χ1) is 12.9. The third kappa shape index (κ3) is 6.20. The Morgan fingerprint density at radius 3 is 2.22 bits per heavy atom. The molecule has 144 valence electrons. The maximum Gasteiger partial charge on any atom is 0.242 e. The van der Waals surface area contributed by atoms with Crippen molar-refractivity contribution < 1.29 is 14.0 Å². The number of carbonyl (C=O) groups excluding carboxylic acids is 2. The summed E-state index contributed by atoms with van der Waals surface area (Å²) in [5.74, 6) is -0.659. The van der Waals surface area contributed by atoms with Gasteiger partial charge in [-0.15, -0.1) is 0 Å². The van der Waals surface area contributed by atoms with Crippen LogP contribution in [0.2, 0.25) is 0 Å². The molecule has 27 heavy (non-hydrogen) atoms. The molecule has 0 aliphatic heterocycles. The standard InChI is InChI=1S/C22H27FN2O2/c1-4-16(2)24-22(27)17(3)25(15-19-10-12-20(23)13-11-19)21(26)14-18-8-6-5-7-9-18/h5-13,16-17H,4,14-15H2,1-3H3,(H,24,27)/t16-,17-/m0/s1. The first-order valence-corrected chi connectivity index (χ1v) is 9.29. The molecular weight excluding hydrogens is 343 g/mol. The van der Waals surface area contributed by atoms with Crippen LogP contribution in [0.1, 0.15) is 38.3 Å². The maximum atomic E-state index is 13.2. The quantitative estimate of drug-likeness (QED) is 0.770. The van der Waals surface area contributed by atoms with Gasteiger partial charge in [0.25, 0.3) is 0 Å². The van der Waals surface area contributed by atoms with Gasteiger partial charge in [0.2, 0.25) is 11.8 Å². The molecule has 2 aromatic carbocycles. The Kier molecular flexibility index (Phi) is 7.53. The first kappa shape index (κ1) is 20.6. The van der Waals surface area contributed by atoms with Crippen molar-refractivity contribution >= 4 is 11.8 Å². The predicted octanol–water partition coefficient (Wildman–Crippen LogP) is 3.70. The highest BCUT2D eigenvalue weighted by molar-refractivity contribution is 5.88. The highest BCUT2D eigenvalue weighted by atomic mass is 19.1. The van der Waals surface area contributed by atoms with Crippen molar-refractivity contribution in [2.45, 2.75) is 52.2 Å². The van der Waals surface area contributed by atoms with E-state index < -0.39 is 6.04 Å². The van der Waals surface area contributed by atoms with Gasteiger partial charge in [0, 0.05) is 12.6 Å². The highest BCUT2D eigenvalue weighted by Crippen LogP contribution is 2.13. The lowest BCUT2D eigenvalue weighted by molar-refractivity contribution is -0.140. The summed E-state index contributed by atoms with van der Waals surface area (Å²) in [6, 6.07) is 14.8. The van der Waals surface area contributed by atoms with Crippen LogP contribution in [0.25, 0.3) is 0 Å². The number of nitrogens with zero attached hydrogens (tertiary/aromatic N) is 1. The van der Waals surface area contributed by atoms with Gasteiger partial charge in [-0.25, -0.2) is 4.39 Å². The second kappa shape index (κ2) is 9.86. The molecular formula is C22H27FN2O2. The van der Waals surface area contributed by atoms with E-state index in [1.54, 1.807) is 24.0 Å². The average molecular weight is 370 g/mol. The van der Waals surface area contributed by atoms with Crippen molar-refractivity contribution in [2.24, 2.45) is 0 Å². The summed E-state index contributed by atoms with van der Waals surface area (Å²) in [6.07, 6.45) is 1.03. The summed E-state index contributed by atoms with van der Waals surface area (Å²) in [7, 11) is 0. The van der Waals surface area contributed by atoms with Crippen molar-refractivity contribution in [2.75, 3.05) is 0 Å². The Morgan fingerprint density at radius 1 is 1.00 bits per heavy atom. The molecule has 0 bridgehead atoms. The molecule has 5 heteroatoms. The number of rotatable bonds is 8. The van der Waals surface area contributed by atoms with Gasteiger partial charge in [0.1, 0.15) is 11.9 Å². The lowest BCUT2D eigenvalue weighted by Gasteiger charge is -2.29. The molecule has 0 fully saturated rings. The zero-order valence-corrected chi connectivity index (χ0v) is 16.1. The minimum absolute atomic E-state index is 0.0387. The topological polar surface area (TPSA) is 49.4 Å². The third-order valence-electron chi connectivity index (χ3n) is 4.63.